The van der Waals surface area contributed by atoms with Crippen molar-refractivity contribution in [2.75, 3.05) is 38.7 Å². The van der Waals surface area contributed by atoms with Gasteiger partial charge in [-0.15, -0.1) is 35.3 Å². The topological polar surface area (TPSA) is 61.8 Å². The lowest BCUT2D eigenvalue weighted by Crippen LogP contribution is -2.40. The number of aliphatic imine (C=N–C) groups is 1. The summed E-state index contributed by atoms with van der Waals surface area (Å²) in [6, 6.07) is 4.22. The van der Waals surface area contributed by atoms with Crippen molar-refractivity contribution < 1.29 is 8.42 Å². The lowest BCUT2D eigenvalue weighted by Gasteiger charge is -2.26. The smallest absolute Gasteiger partial charge is 0.193 e. The van der Waals surface area contributed by atoms with Crippen molar-refractivity contribution in [3.8, 4) is 0 Å². The first-order valence-electron chi connectivity index (χ1n) is 8.32. The first-order valence-corrected chi connectivity index (χ1v) is 11.3. The molecular weight excluding hydrogens is 469 g/mol. The van der Waals surface area contributed by atoms with Gasteiger partial charge in [-0.3, -0.25) is 4.99 Å². The Hall–Kier alpha value is -0.350. The van der Waals surface area contributed by atoms with Crippen LogP contribution in [0, 0.1) is 5.41 Å². The molecule has 0 bridgehead atoms. The molecule has 0 saturated heterocycles. The average molecular weight is 502 g/mol. The minimum absolute atomic E-state index is 0. The van der Waals surface area contributed by atoms with Crippen LogP contribution in [-0.4, -0.2) is 58.0 Å². The summed E-state index contributed by atoms with van der Waals surface area (Å²) in [7, 11) is -0.889. The van der Waals surface area contributed by atoms with E-state index in [4.69, 9.17) is 4.99 Å². The molecule has 0 aliphatic rings. The number of guanidine groups is 1. The zero-order chi connectivity index (χ0) is 18.2. The van der Waals surface area contributed by atoms with Gasteiger partial charge in [-0.25, -0.2) is 8.42 Å². The van der Waals surface area contributed by atoms with Gasteiger partial charge < -0.3 is 10.2 Å². The molecule has 0 spiro atoms. The van der Waals surface area contributed by atoms with Gasteiger partial charge in [0.05, 0.1) is 5.75 Å². The molecule has 1 heterocycles. The molecule has 1 rings (SSSR count). The molecule has 1 aromatic heterocycles. The highest BCUT2D eigenvalue weighted by molar-refractivity contribution is 14.0. The predicted molar refractivity (Wildman–Crippen MR) is 120 cm³/mol. The molecule has 1 aromatic rings. The van der Waals surface area contributed by atoms with E-state index < -0.39 is 9.84 Å². The largest absolute Gasteiger partial charge is 0.357 e. The summed E-state index contributed by atoms with van der Waals surface area (Å²) in [5, 5.41) is 5.41. The summed E-state index contributed by atoms with van der Waals surface area (Å²) in [5.74, 6) is 1.08. The summed E-state index contributed by atoms with van der Waals surface area (Å²) >= 11 is 1.77. The van der Waals surface area contributed by atoms with Crippen LogP contribution in [0.5, 0.6) is 0 Å². The SMILES string of the molecule is CCNC(=NCC(C)(C)CCS(C)(=O)=O)N(C)CCc1cccs1.I. The number of nitrogens with zero attached hydrogens (tertiary/aromatic N) is 2. The van der Waals surface area contributed by atoms with Crippen LogP contribution < -0.4 is 5.32 Å². The van der Waals surface area contributed by atoms with E-state index in [1.54, 1.807) is 11.3 Å². The molecule has 0 atom stereocenters. The molecule has 0 aliphatic heterocycles. The maximum atomic E-state index is 11.4. The second-order valence-electron chi connectivity index (χ2n) is 6.97. The van der Waals surface area contributed by atoms with Gasteiger partial charge in [0.25, 0.3) is 0 Å². The fourth-order valence-corrected chi connectivity index (χ4v) is 3.76. The van der Waals surface area contributed by atoms with E-state index in [-0.39, 0.29) is 35.1 Å². The first-order chi connectivity index (χ1) is 11.1. The third kappa shape index (κ3) is 11.1. The van der Waals surface area contributed by atoms with E-state index in [0.29, 0.717) is 13.0 Å². The Kier molecular flexibility index (Phi) is 11.2. The van der Waals surface area contributed by atoms with Gasteiger partial charge in [0, 0.05) is 37.8 Å². The van der Waals surface area contributed by atoms with E-state index in [0.717, 1.165) is 25.5 Å². The molecule has 0 fully saturated rings. The highest BCUT2D eigenvalue weighted by Gasteiger charge is 2.20. The quantitative estimate of drug-likeness (QED) is 0.321. The number of rotatable bonds is 9. The van der Waals surface area contributed by atoms with Crippen LogP contribution >= 0.6 is 35.3 Å². The molecule has 146 valence electrons. The molecular formula is C17H32IN3O2S2. The van der Waals surface area contributed by atoms with Crippen molar-refractivity contribution in [2.24, 2.45) is 10.4 Å². The Bertz CT molecular complexity index is 614. The highest BCUT2D eigenvalue weighted by atomic mass is 127. The summed E-state index contributed by atoms with van der Waals surface area (Å²) in [4.78, 5) is 8.23. The van der Waals surface area contributed by atoms with Crippen molar-refractivity contribution in [3.05, 3.63) is 22.4 Å². The lowest BCUT2D eigenvalue weighted by molar-refractivity contribution is 0.361. The maximum absolute atomic E-state index is 11.4. The van der Waals surface area contributed by atoms with E-state index in [1.165, 1.54) is 11.1 Å². The molecule has 0 aliphatic carbocycles. The van der Waals surface area contributed by atoms with Gasteiger partial charge in [-0.1, -0.05) is 19.9 Å². The van der Waals surface area contributed by atoms with Crippen molar-refractivity contribution in [1.82, 2.24) is 10.2 Å². The van der Waals surface area contributed by atoms with Crippen LogP contribution in [0.25, 0.3) is 0 Å². The molecule has 0 unspecified atom stereocenters. The number of hydrogen-bond acceptors (Lipinski definition) is 4. The molecule has 0 amide bonds. The van der Waals surface area contributed by atoms with Gasteiger partial charge in [0.15, 0.2) is 5.96 Å². The summed E-state index contributed by atoms with van der Waals surface area (Å²) in [6.45, 7) is 8.50. The average Bonchev–Trinajstić information content (AvgIpc) is 3.00. The Morgan fingerprint density at radius 3 is 2.60 bits per heavy atom. The molecule has 0 aromatic carbocycles. The fraction of sp³-hybridized carbons (Fsp3) is 0.706. The second-order valence-corrected chi connectivity index (χ2v) is 10.3. The standard InChI is InChI=1S/C17H31N3O2S2.HI/c1-6-18-16(20(4)11-9-15-8-7-12-23-15)19-14-17(2,3)10-13-24(5,21)22;/h7-8,12H,6,9-11,13-14H2,1-5H3,(H,18,19);1H. The number of nitrogens with one attached hydrogen (secondary N) is 1. The van der Waals surface area contributed by atoms with E-state index in [2.05, 4.69) is 48.5 Å². The Morgan fingerprint density at radius 1 is 1.40 bits per heavy atom. The Morgan fingerprint density at radius 2 is 2.08 bits per heavy atom. The molecule has 25 heavy (non-hydrogen) atoms. The summed E-state index contributed by atoms with van der Waals surface area (Å²) in [5.41, 5.74) is -0.141. The van der Waals surface area contributed by atoms with Crippen molar-refractivity contribution in [3.63, 3.8) is 0 Å². The van der Waals surface area contributed by atoms with Crippen LogP contribution in [0.15, 0.2) is 22.5 Å². The third-order valence-electron chi connectivity index (χ3n) is 3.78. The number of halogens is 1. The van der Waals surface area contributed by atoms with Gasteiger partial charge in [0.1, 0.15) is 9.84 Å². The van der Waals surface area contributed by atoms with Crippen molar-refractivity contribution >= 4 is 51.1 Å². The van der Waals surface area contributed by atoms with E-state index >= 15 is 0 Å². The normalized spacial score (nSPS) is 12.6. The molecule has 5 nitrogen and oxygen atoms in total. The molecule has 0 saturated carbocycles. The zero-order valence-electron chi connectivity index (χ0n) is 15.9. The first kappa shape index (κ1) is 24.7. The van der Waals surface area contributed by atoms with Crippen LogP contribution in [0.1, 0.15) is 32.1 Å². The van der Waals surface area contributed by atoms with E-state index in [9.17, 15) is 8.42 Å². The monoisotopic (exact) mass is 501 g/mol. The Labute approximate surface area is 174 Å². The van der Waals surface area contributed by atoms with Crippen LogP contribution in [0.2, 0.25) is 0 Å². The molecule has 1 N–H and O–H groups in total. The third-order valence-corrected chi connectivity index (χ3v) is 5.66. The van der Waals surface area contributed by atoms with Gasteiger partial charge in [-0.05, 0) is 36.6 Å². The van der Waals surface area contributed by atoms with Crippen molar-refractivity contribution in [1.29, 1.82) is 0 Å². The van der Waals surface area contributed by atoms with Gasteiger partial charge in [0.2, 0.25) is 0 Å². The number of hydrogen-bond donors (Lipinski definition) is 1. The maximum Gasteiger partial charge on any atom is 0.193 e. The Balaban J connectivity index is 0.00000576. The van der Waals surface area contributed by atoms with Gasteiger partial charge in [-0.2, -0.15) is 0 Å². The summed E-state index contributed by atoms with van der Waals surface area (Å²) < 4.78 is 22.7. The number of thiophene rings is 1. The number of likely N-dealkylation sites (N-methyl/N-ethyl adjacent to an activating group) is 1. The molecule has 8 heteroatoms. The van der Waals surface area contributed by atoms with Crippen molar-refractivity contribution in [2.45, 2.75) is 33.6 Å². The molecule has 0 radical (unpaired) electrons. The number of sulfone groups is 1. The minimum Gasteiger partial charge on any atom is -0.357 e. The zero-order valence-corrected chi connectivity index (χ0v) is 19.9. The second kappa shape index (κ2) is 11.4. The summed E-state index contributed by atoms with van der Waals surface area (Å²) in [6.07, 6.45) is 2.90. The predicted octanol–water partition coefficient (Wildman–Crippen LogP) is 3.27. The van der Waals surface area contributed by atoms with Gasteiger partial charge >= 0.3 is 0 Å². The highest BCUT2D eigenvalue weighted by Crippen LogP contribution is 2.21. The lowest BCUT2D eigenvalue weighted by atomic mass is 9.90. The minimum atomic E-state index is -2.93. The van der Waals surface area contributed by atoms with E-state index in [1.807, 2.05) is 7.05 Å². The van der Waals surface area contributed by atoms with Crippen LogP contribution in [0.3, 0.4) is 0 Å². The van der Waals surface area contributed by atoms with Crippen LogP contribution in [-0.2, 0) is 16.3 Å². The fourth-order valence-electron chi connectivity index (χ4n) is 2.14. The van der Waals surface area contributed by atoms with Crippen LogP contribution in [0.4, 0.5) is 0 Å².